The lowest BCUT2D eigenvalue weighted by Gasteiger charge is -2.13. The minimum atomic E-state index is -4.81. The van der Waals surface area contributed by atoms with Gasteiger partial charge in [-0.3, -0.25) is 4.98 Å². The van der Waals surface area contributed by atoms with E-state index in [-0.39, 0.29) is 11.9 Å². The van der Waals surface area contributed by atoms with Crippen LogP contribution in [-0.4, -0.2) is 22.2 Å². The van der Waals surface area contributed by atoms with Crippen LogP contribution in [0, 0.1) is 0 Å². The second kappa shape index (κ2) is 3.90. The van der Waals surface area contributed by atoms with Gasteiger partial charge in [0.2, 0.25) is 0 Å². The lowest BCUT2D eigenvalue weighted by molar-refractivity contribution is -0.141. The molecule has 7 heteroatoms. The molecule has 0 spiro atoms. The van der Waals surface area contributed by atoms with E-state index in [1.807, 2.05) is 0 Å². The molecule has 0 atom stereocenters. The van der Waals surface area contributed by atoms with Crippen LogP contribution in [0.25, 0.3) is 0 Å². The molecule has 0 bridgehead atoms. The number of ether oxygens (including phenoxy) is 1. The summed E-state index contributed by atoms with van der Waals surface area (Å²) in [6.45, 7) is 0. The Morgan fingerprint density at radius 1 is 1.47 bits per heavy atom. The summed E-state index contributed by atoms with van der Waals surface area (Å²) >= 11 is 0. The quantitative estimate of drug-likeness (QED) is 0.890. The predicted molar refractivity (Wildman–Crippen MR) is 49.8 cm³/mol. The van der Waals surface area contributed by atoms with Crippen molar-refractivity contribution < 1.29 is 27.8 Å². The smallest absolute Gasteiger partial charge is 0.434 e. The first-order chi connectivity index (χ1) is 7.89. The monoisotopic (exact) mass is 247 g/mol. The first-order valence-corrected chi connectivity index (χ1v) is 4.85. The van der Waals surface area contributed by atoms with Crippen LogP contribution in [0.1, 0.15) is 28.9 Å². The first kappa shape index (κ1) is 11.7. The zero-order chi connectivity index (χ0) is 12.6. The highest BCUT2D eigenvalue weighted by molar-refractivity contribution is 5.92. The molecule has 0 aliphatic heterocycles. The van der Waals surface area contributed by atoms with Crippen LogP contribution >= 0.6 is 0 Å². The molecule has 1 heterocycles. The van der Waals surface area contributed by atoms with Crippen molar-refractivity contribution in [2.75, 3.05) is 0 Å². The van der Waals surface area contributed by atoms with E-state index in [4.69, 9.17) is 9.84 Å². The number of aromatic nitrogens is 1. The van der Waals surface area contributed by atoms with Gasteiger partial charge in [-0.2, -0.15) is 13.2 Å². The van der Waals surface area contributed by atoms with E-state index in [0.29, 0.717) is 0 Å². The van der Waals surface area contributed by atoms with Crippen LogP contribution in [0.2, 0.25) is 0 Å². The largest absolute Gasteiger partial charge is 0.489 e. The van der Waals surface area contributed by atoms with Gasteiger partial charge in [0.15, 0.2) is 5.69 Å². The average Bonchev–Trinajstić information content (AvgIpc) is 2.99. The van der Waals surface area contributed by atoms with Gasteiger partial charge >= 0.3 is 12.1 Å². The number of carboxylic acids is 1. The summed E-state index contributed by atoms with van der Waals surface area (Å²) in [7, 11) is 0. The molecule has 0 radical (unpaired) electrons. The Morgan fingerprint density at radius 3 is 2.59 bits per heavy atom. The van der Waals surface area contributed by atoms with Gasteiger partial charge < -0.3 is 9.84 Å². The summed E-state index contributed by atoms with van der Waals surface area (Å²) < 4.78 is 42.8. The molecule has 1 aliphatic carbocycles. The molecule has 17 heavy (non-hydrogen) atoms. The van der Waals surface area contributed by atoms with E-state index in [1.54, 1.807) is 0 Å². The van der Waals surface area contributed by atoms with Gasteiger partial charge in [0.05, 0.1) is 6.10 Å². The fraction of sp³-hybridized carbons (Fsp3) is 0.400. The Bertz CT molecular complexity index is 455. The van der Waals surface area contributed by atoms with Crippen molar-refractivity contribution in [2.45, 2.75) is 25.1 Å². The predicted octanol–water partition coefficient (Wildman–Crippen LogP) is 2.34. The lowest BCUT2D eigenvalue weighted by Crippen LogP contribution is -2.17. The number of aromatic carboxylic acids is 1. The topological polar surface area (TPSA) is 59.4 Å². The van der Waals surface area contributed by atoms with Crippen molar-refractivity contribution in [1.82, 2.24) is 4.98 Å². The third-order valence-corrected chi connectivity index (χ3v) is 2.21. The maximum absolute atomic E-state index is 12.6. The van der Waals surface area contributed by atoms with Crippen LogP contribution < -0.4 is 4.74 Å². The molecule has 1 fully saturated rings. The van der Waals surface area contributed by atoms with Crippen molar-refractivity contribution in [3.63, 3.8) is 0 Å². The van der Waals surface area contributed by atoms with E-state index in [0.717, 1.165) is 25.1 Å². The standard InChI is InChI=1S/C10H8F3NO3/c11-10(12,13)8-7(9(15)16)6(3-4-14-8)17-5-1-2-5/h3-5H,1-2H2,(H,15,16). The number of pyridine rings is 1. The Hall–Kier alpha value is -1.79. The van der Waals surface area contributed by atoms with Gasteiger partial charge in [0.1, 0.15) is 11.3 Å². The van der Waals surface area contributed by atoms with Crippen LogP contribution in [0.4, 0.5) is 13.2 Å². The molecule has 1 saturated carbocycles. The number of halogens is 3. The lowest BCUT2D eigenvalue weighted by atomic mass is 10.1. The van der Waals surface area contributed by atoms with E-state index < -0.39 is 23.4 Å². The number of carboxylic acid groups (broad SMARTS) is 1. The summed E-state index contributed by atoms with van der Waals surface area (Å²) in [5.74, 6) is -1.97. The first-order valence-electron chi connectivity index (χ1n) is 4.85. The van der Waals surface area contributed by atoms with Crippen LogP contribution in [0.3, 0.4) is 0 Å². The van der Waals surface area contributed by atoms with Crippen LogP contribution in [0.15, 0.2) is 12.3 Å². The summed E-state index contributed by atoms with van der Waals surface area (Å²) in [5, 5.41) is 8.82. The SMILES string of the molecule is O=C(O)c1c(OC2CC2)ccnc1C(F)(F)F. The Labute approximate surface area is 94.0 Å². The van der Waals surface area contributed by atoms with Gasteiger partial charge in [-0.05, 0) is 18.9 Å². The van der Waals surface area contributed by atoms with Gasteiger partial charge in [0.25, 0.3) is 0 Å². The third kappa shape index (κ3) is 2.48. The van der Waals surface area contributed by atoms with Crippen molar-refractivity contribution in [3.05, 3.63) is 23.5 Å². The number of alkyl halides is 3. The highest BCUT2D eigenvalue weighted by Gasteiger charge is 2.39. The van der Waals surface area contributed by atoms with Crippen LogP contribution in [-0.2, 0) is 6.18 Å². The number of hydrogen-bond donors (Lipinski definition) is 1. The van der Waals surface area contributed by atoms with Gasteiger partial charge in [-0.25, -0.2) is 4.79 Å². The maximum Gasteiger partial charge on any atom is 0.434 e. The number of hydrogen-bond acceptors (Lipinski definition) is 3. The number of carbonyl (C=O) groups is 1. The Morgan fingerprint density at radius 2 is 2.12 bits per heavy atom. The minimum absolute atomic E-state index is 0.184. The van der Waals surface area contributed by atoms with Crippen molar-refractivity contribution in [1.29, 1.82) is 0 Å². The Balaban J connectivity index is 2.47. The summed E-state index contributed by atoms with van der Waals surface area (Å²) in [4.78, 5) is 13.9. The normalized spacial score (nSPS) is 15.7. The van der Waals surface area contributed by atoms with E-state index in [9.17, 15) is 18.0 Å². The summed E-state index contributed by atoms with van der Waals surface area (Å²) in [5.41, 5.74) is -2.35. The molecule has 0 amide bonds. The molecule has 1 aromatic heterocycles. The van der Waals surface area contributed by atoms with Crippen molar-refractivity contribution >= 4 is 5.97 Å². The second-order valence-electron chi connectivity index (χ2n) is 3.65. The average molecular weight is 247 g/mol. The maximum atomic E-state index is 12.6. The molecule has 4 nitrogen and oxygen atoms in total. The van der Waals surface area contributed by atoms with E-state index in [2.05, 4.69) is 4.98 Å². The fourth-order valence-corrected chi connectivity index (χ4v) is 1.33. The molecule has 0 aromatic carbocycles. The highest BCUT2D eigenvalue weighted by Crippen LogP contribution is 2.36. The minimum Gasteiger partial charge on any atom is -0.489 e. The highest BCUT2D eigenvalue weighted by atomic mass is 19.4. The third-order valence-electron chi connectivity index (χ3n) is 2.21. The summed E-state index contributed by atoms with van der Waals surface area (Å²) in [6, 6.07) is 1.14. The molecule has 92 valence electrons. The van der Waals surface area contributed by atoms with Crippen molar-refractivity contribution in [3.8, 4) is 5.75 Å². The van der Waals surface area contributed by atoms with Gasteiger partial charge in [-0.15, -0.1) is 0 Å². The zero-order valence-electron chi connectivity index (χ0n) is 8.49. The molecular formula is C10H8F3NO3. The zero-order valence-corrected chi connectivity index (χ0v) is 8.49. The molecule has 2 rings (SSSR count). The Kier molecular flexibility index (Phi) is 2.68. The van der Waals surface area contributed by atoms with E-state index in [1.165, 1.54) is 0 Å². The molecule has 1 aliphatic rings. The van der Waals surface area contributed by atoms with Crippen LogP contribution in [0.5, 0.6) is 5.75 Å². The molecule has 1 N–H and O–H groups in total. The summed E-state index contributed by atoms with van der Waals surface area (Å²) in [6.07, 6.45) is -2.65. The second-order valence-corrected chi connectivity index (χ2v) is 3.65. The van der Waals surface area contributed by atoms with Gasteiger partial charge in [-0.1, -0.05) is 0 Å². The van der Waals surface area contributed by atoms with Crippen molar-refractivity contribution in [2.24, 2.45) is 0 Å². The number of rotatable bonds is 3. The molecule has 1 aromatic rings. The fourth-order valence-electron chi connectivity index (χ4n) is 1.33. The molecular weight excluding hydrogens is 239 g/mol. The molecule has 0 unspecified atom stereocenters. The van der Waals surface area contributed by atoms with Gasteiger partial charge in [0, 0.05) is 6.20 Å². The van der Waals surface area contributed by atoms with E-state index >= 15 is 0 Å². The molecule has 0 saturated heterocycles. The number of nitrogens with zero attached hydrogens (tertiary/aromatic N) is 1.